The molecule has 6 N–H and O–H groups in total. The van der Waals surface area contributed by atoms with Crippen molar-refractivity contribution < 1.29 is 51.2 Å². The minimum absolute atomic E-state index is 0.0435. The molecule has 17 heteroatoms. The summed E-state index contributed by atoms with van der Waals surface area (Å²) in [6, 6.07) is -1.11. The number of allylic oxidation sites excluding steroid dienone is 3. The van der Waals surface area contributed by atoms with E-state index in [9.17, 15) is 32.4 Å². The lowest BCUT2D eigenvalue weighted by Crippen LogP contribution is -2.56. The number of fused-ring (bicyclic) bond motifs is 4. The maximum atomic E-state index is 13.5. The summed E-state index contributed by atoms with van der Waals surface area (Å²) in [4.78, 5) is 67.8. The number of nitrogens with one attached hydrogen (secondary N) is 1. The highest BCUT2D eigenvalue weighted by Gasteiger charge is 2.78. The Kier molecular flexibility index (Phi) is 8.24. The summed E-state index contributed by atoms with van der Waals surface area (Å²) >= 11 is 0. The molecule has 2 aliphatic carbocycles. The fourth-order valence-corrected chi connectivity index (χ4v) is 7.44. The predicted molar refractivity (Wildman–Crippen MR) is 154 cm³/mol. The van der Waals surface area contributed by atoms with Crippen LogP contribution in [0, 0.1) is 11.3 Å². The largest absolute Gasteiger partial charge is 0.449 e. The van der Waals surface area contributed by atoms with E-state index in [-0.39, 0.29) is 41.5 Å². The Balaban J connectivity index is 1.31. The molecule has 2 unspecified atom stereocenters. The molecule has 3 heterocycles. The number of methoxy groups -OCH3 is 1. The molecule has 3 amide bonds. The monoisotopic (exact) mass is 651 g/mol. The van der Waals surface area contributed by atoms with Crippen LogP contribution in [-0.4, -0.2) is 109 Å². The second-order valence-electron chi connectivity index (χ2n) is 12.2. The number of ether oxygens (including phenoxy) is 3. The van der Waals surface area contributed by atoms with Gasteiger partial charge in [-0.2, -0.15) is 8.42 Å². The molecule has 0 radical (unpaired) electrons. The van der Waals surface area contributed by atoms with Crippen molar-refractivity contribution in [3.63, 3.8) is 0 Å². The second-order valence-corrected chi connectivity index (χ2v) is 13.7. The van der Waals surface area contributed by atoms with Crippen molar-refractivity contribution in [3.05, 3.63) is 34.7 Å². The highest BCUT2D eigenvalue weighted by molar-refractivity contribution is 7.85. The third-order valence-electron chi connectivity index (χ3n) is 9.54. The van der Waals surface area contributed by atoms with Gasteiger partial charge in [-0.1, -0.05) is 13.0 Å². The van der Waals surface area contributed by atoms with Gasteiger partial charge in [0, 0.05) is 36.8 Å². The van der Waals surface area contributed by atoms with Gasteiger partial charge in [-0.15, -0.1) is 0 Å². The number of rotatable bonds is 8. The maximum absolute atomic E-state index is 13.5. The van der Waals surface area contributed by atoms with Crippen LogP contribution < -0.4 is 16.8 Å². The summed E-state index contributed by atoms with van der Waals surface area (Å²) in [6.45, 7) is 2.72. The lowest BCUT2D eigenvalue weighted by molar-refractivity contribution is -0.144. The molecule has 5 aliphatic rings. The Hall–Kier alpha value is -3.96. The topological polar surface area (TPSA) is 238 Å². The number of nitrogens with zero attached hydrogens (tertiary/aromatic N) is 2. The Morgan fingerprint density at radius 1 is 1.20 bits per heavy atom. The van der Waals surface area contributed by atoms with Crippen LogP contribution in [0.3, 0.4) is 0 Å². The van der Waals surface area contributed by atoms with Crippen molar-refractivity contribution in [2.45, 2.75) is 63.4 Å². The molecule has 0 aromatic rings. The molecule has 0 bridgehead atoms. The minimum atomic E-state index is -4.22. The number of amides is 3. The van der Waals surface area contributed by atoms with Gasteiger partial charge in [-0.05, 0) is 38.7 Å². The normalized spacial score (nSPS) is 33.2. The van der Waals surface area contributed by atoms with Crippen LogP contribution in [0.15, 0.2) is 34.7 Å². The number of piperazine rings is 1. The number of carbonyl (C=O) groups is 5. The number of ketones is 2. The standard InChI is InChI=1S/C28H37N5O11S/c1-14-19(29)22(35)18-16(13-43-25(30)37)28(42-3)23-17(12-32(28)20(18)21(14)34)33(23)26(38)44-15-6-4-5-8-27(2,9-7-15)24(36)31-10-11-45(39,40)41/h4,6,15-17,23H,5,7-13,29H2,1-3H3,(H2,30,37)(H,31,36)(H,39,40,41)/b6-4+/t15-,16+,17?,23?,27+,28+,33?/m0/s1. The summed E-state index contributed by atoms with van der Waals surface area (Å²) in [6.07, 6.45) is 2.73. The van der Waals surface area contributed by atoms with Crippen LogP contribution in [-0.2, 0) is 38.7 Å². The Labute approximate surface area is 259 Å². The lowest BCUT2D eigenvalue weighted by Gasteiger charge is -2.40. The van der Waals surface area contributed by atoms with Gasteiger partial charge in [0.25, 0.3) is 10.1 Å². The fraction of sp³-hybridized carbons (Fsp3) is 0.607. The van der Waals surface area contributed by atoms with E-state index < -0.39 is 81.5 Å². The third-order valence-corrected chi connectivity index (χ3v) is 10.3. The summed E-state index contributed by atoms with van der Waals surface area (Å²) < 4.78 is 47.9. The summed E-state index contributed by atoms with van der Waals surface area (Å²) in [5, 5.41) is 2.56. The molecular formula is C28H37N5O11S. The van der Waals surface area contributed by atoms with Gasteiger partial charge in [0.15, 0.2) is 5.72 Å². The van der Waals surface area contributed by atoms with Crippen LogP contribution in [0.25, 0.3) is 0 Å². The van der Waals surface area contributed by atoms with Crippen LogP contribution >= 0.6 is 0 Å². The molecule has 16 nitrogen and oxygen atoms in total. The molecule has 0 saturated carbocycles. The number of Topliss-reactive ketones (excluding diaryl/α,β-unsaturated/α-hetero) is 2. The van der Waals surface area contributed by atoms with Gasteiger partial charge in [0.2, 0.25) is 17.5 Å². The molecule has 0 aromatic carbocycles. The van der Waals surface area contributed by atoms with E-state index in [1.807, 2.05) is 6.08 Å². The molecule has 3 aliphatic heterocycles. The van der Waals surface area contributed by atoms with E-state index in [1.54, 1.807) is 17.9 Å². The van der Waals surface area contributed by atoms with Crippen LogP contribution in [0.1, 0.15) is 39.5 Å². The SMILES string of the molecule is CO[C@]12C3C(CN1C1=C(C(=O)C(N)=C(C)C1=O)[C@H]2COC(N)=O)N3C(=O)O[C@H]1/C=C/CC[C@@](C)(C(=O)NCCS(=O)(=O)O)CC1. The van der Waals surface area contributed by atoms with Crippen LogP contribution in [0.4, 0.5) is 9.59 Å². The average molecular weight is 652 g/mol. The van der Waals surface area contributed by atoms with Gasteiger partial charge in [0.1, 0.15) is 18.8 Å². The summed E-state index contributed by atoms with van der Waals surface area (Å²) in [7, 11) is -2.84. The molecule has 5 rings (SSSR count). The molecule has 6 atom stereocenters. The summed E-state index contributed by atoms with van der Waals surface area (Å²) in [5.74, 6) is -2.99. The van der Waals surface area contributed by atoms with Crippen molar-refractivity contribution in [2.75, 3.05) is 32.6 Å². The Morgan fingerprint density at radius 3 is 2.56 bits per heavy atom. The van der Waals surface area contributed by atoms with E-state index >= 15 is 0 Å². The Morgan fingerprint density at radius 2 is 1.91 bits per heavy atom. The van der Waals surface area contributed by atoms with E-state index in [1.165, 1.54) is 18.9 Å². The zero-order valence-electron chi connectivity index (χ0n) is 25.1. The number of hydrogen-bond acceptors (Lipinski definition) is 12. The fourth-order valence-electron chi connectivity index (χ4n) is 7.08. The Bertz CT molecular complexity index is 1550. The van der Waals surface area contributed by atoms with Crippen LogP contribution in [0.5, 0.6) is 0 Å². The van der Waals surface area contributed by atoms with Gasteiger partial charge in [-0.3, -0.25) is 23.8 Å². The van der Waals surface area contributed by atoms with Crippen molar-refractivity contribution in [1.82, 2.24) is 15.1 Å². The first-order valence-electron chi connectivity index (χ1n) is 14.5. The zero-order chi connectivity index (χ0) is 33.1. The molecule has 246 valence electrons. The van der Waals surface area contributed by atoms with Crippen molar-refractivity contribution in [1.29, 1.82) is 0 Å². The van der Waals surface area contributed by atoms with Crippen molar-refractivity contribution >= 4 is 39.8 Å². The first kappa shape index (κ1) is 32.4. The smallest absolute Gasteiger partial charge is 0.411 e. The molecular weight excluding hydrogens is 614 g/mol. The van der Waals surface area contributed by atoms with E-state index in [0.717, 1.165) is 0 Å². The molecule has 45 heavy (non-hydrogen) atoms. The number of primary amides is 1. The molecule has 2 fully saturated rings. The molecule has 0 aromatic heterocycles. The number of carbonyl (C=O) groups excluding carboxylic acids is 5. The number of nitrogens with two attached hydrogens (primary N) is 2. The van der Waals surface area contributed by atoms with E-state index in [4.69, 9.17) is 30.2 Å². The first-order valence-corrected chi connectivity index (χ1v) is 16.1. The van der Waals surface area contributed by atoms with Gasteiger partial charge in [-0.25, -0.2) is 9.59 Å². The van der Waals surface area contributed by atoms with E-state index in [0.29, 0.717) is 25.7 Å². The zero-order valence-corrected chi connectivity index (χ0v) is 25.9. The van der Waals surface area contributed by atoms with Gasteiger partial charge in [0.05, 0.1) is 29.1 Å². The lowest BCUT2D eigenvalue weighted by atomic mass is 9.78. The predicted octanol–water partition coefficient (Wildman–Crippen LogP) is -0.293. The average Bonchev–Trinajstić information content (AvgIpc) is 3.47. The number of hydrogen-bond donors (Lipinski definition) is 4. The van der Waals surface area contributed by atoms with Gasteiger partial charge >= 0.3 is 12.2 Å². The highest BCUT2D eigenvalue weighted by Crippen LogP contribution is 2.60. The third kappa shape index (κ3) is 5.46. The summed E-state index contributed by atoms with van der Waals surface area (Å²) in [5.41, 5.74) is 8.92. The quantitative estimate of drug-likeness (QED) is 0.114. The van der Waals surface area contributed by atoms with Crippen molar-refractivity contribution in [3.8, 4) is 0 Å². The minimum Gasteiger partial charge on any atom is -0.449 e. The van der Waals surface area contributed by atoms with Crippen molar-refractivity contribution in [2.24, 2.45) is 22.8 Å². The first-order chi connectivity index (χ1) is 21.1. The molecule has 2 saturated heterocycles. The van der Waals surface area contributed by atoms with Gasteiger partial charge < -0.3 is 35.9 Å². The molecule has 0 spiro atoms. The van der Waals surface area contributed by atoms with E-state index in [2.05, 4.69) is 5.32 Å². The highest BCUT2D eigenvalue weighted by atomic mass is 32.2. The second kappa shape index (κ2) is 11.4. The van der Waals surface area contributed by atoms with Crippen LogP contribution in [0.2, 0.25) is 0 Å². The maximum Gasteiger partial charge on any atom is 0.411 e.